The molecule has 0 radical (unpaired) electrons. The summed E-state index contributed by atoms with van der Waals surface area (Å²) in [6.07, 6.45) is 0.862. The number of carboxylic acid groups (broad SMARTS) is 1. The van der Waals surface area contributed by atoms with E-state index in [4.69, 9.17) is 4.74 Å². The second kappa shape index (κ2) is 7.06. The summed E-state index contributed by atoms with van der Waals surface area (Å²) in [5.41, 5.74) is 4.71. The molecule has 1 aliphatic heterocycles. The highest BCUT2D eigenvalue weighted by molar-refractivity contribution is 5.79. The first-order valence-electron chi connectivity index (χ1n) is 9.40. The fourth-order valence-corrected chi connectivity index (χ4v) is 4.24. The van der Waals surface area contributed by atoms with Crippen LogP contribution in [0.25, 0.3) is 11.1 Å². The average Bonchev–Trinajstić information content (AvgIpc) is 3.00. The van der Waals surface area contributed by atoms with E-state index in [0.29, 0.717) is 12.8 Å². The highest BCUT2D eigenvalue weighted by atomic mass is 16.6. The van der Waals surface area contributed by atoms with Crippen LogP contribution in [0.3, 0.4) is 0 Å². The highest BCUT2D eigenvalue weighted by Gasteiger charge is 2.35. The molecule has 0 aromatic heterocycles. The van der Waals surface area contributed by atoms with Crippen molar-refractivity contribution in [3.8, 4) is 11.1 Å². The van der Waals surface area contributed by atoms with Gasteiger partial charge in [0, 0.05) is 18.5 Å². The Labute approximate surface area is 158 Å². The van der Waals surface area contributed by atoms with Crippen LogP contribution >= 0.6 is 0 Å². The molecule has 2 aliphatic rings. The summed E-state index contributed by atoms with van der Waals surface area (Å²) in [6, 6.07) is 16.4. The van der Waals surface area contributed by atoms with Gasteiger partial charge in [-0.25, -0.2) is 4.79 Å². The minimum atomic E-state index is -0.849. The van der Waals surface area contributed by atoms with E-state index in [1.807, 2.05) is 31.2 Å². The number of carbonyl (C=O) groups excluding carboxylic acids is 1. The molecule has 27 heavy (non-hydrogen) atoms. The number of fused-ring (bicyclic) bond motifs is 3. The third kappa shape index (κ3) is 3.18. The summed E-state index contributed by atoms with van der Waals surface area (Å²) < 4.78 is 5.67. The van der Waals surface area contributed by atoms with Gasteiger partial charge in [0.25, 0.3) is 0 Å². The molecule has 5 heteroatoms. The van der Waals surface area contributed by atoms with Gasteiger partial charge in [-0.3, -0.25) is 4.79 Å². The Morgan fingerprint density at radius 3 is 2.22 bits per heavy atom. The third-order valence-electron chi connectivity index (χ3n) is 5.80. The summed E-state index contributed by atoms with van der Waals surface area (Å²) in [6.45, 7) is 2.42. The van der Waals surface area contributed by atoms with Crippen LogP contribution in [0, 0.1) is 5.92 Å². The average molecular weight is 365 g/mol. The zero-order valence-electron chi connectivity index (χ0n) is 15.3. The Hall–Kier alpha value is -2.82. The number of hydrogen-bond acceptors (Lipinski definition) is 3. The number of hydrogen-bond donors (Lipinski definition) is 1. The molecule has 1 fully saturated rings. The van der Waals surface area contributed by atoms with E-state index < -0.39 is 18.0 Å². The molecule has 1 heterocycles. The number of aliphatic carboxylic acids is 1. The van der Waals surface area contributed by atoms with Crippen LogP contribution < -0.4 is 0 Å². The molecule has 0 spiro atoms. The van der Waals surface area contributed by atoms with Gasteiger partial charge in [-0.15, -0.1) is 0 Å². The largest absolute Gasteiger partial charge is 0.481 e. The first-order chi connectivity index (χ1) is 13.1. The van der Waals surface area contributed by atoms with Crippen LogP contribution in [0.15, 0.2) is 48.5 Å². The van der Waals surface area contributed by atoms with Crippen LogP contribution in [0.2, 0.25) is 0 Å². The molecule has 1 N–H and O–H groups in total. The number of amides is 1. The van der Waals surface area contributed by atoms with Crippen molar-refractivity contribution in [2.75, 3.05) is 13.2 Å². The van der Waals surface area contributed by atoms with Gasteiger partial charge >= 0.3 is 12.1 Å². The van der Waals surface area contributed by atoms with E-state index in [9.17, 15) is 14.7 Å². The molecule has 1 aliphatic carbocycles. The monoisotopic (exact) mass is 365 g/mol. The minimum absolute atomic E-state index is 0.00347. The molecule has 140 valence electrons. The summed E-state index contributed by atoms with van der Waals surface area (Å²) in [5.74, 6) is -1.35. The molecule has 5 nitrogen and oxygen atoms in total. The van der Waals surface area contributed by atoms with Crippen molar-refractivity contribution in [3.05, 3.63) is 59.7 Å². The molecule has 1 amide bonds. The number of ether oxygens (including phenoxy) is 1. The lowest BCUT2D eigenvalue weighted by molar-refractivity contribution is -0.143. The van der Waals surface area contributed by atoms with Crippen LogP contribution in [-0.2, 0) is 9.53 Å². The van der Waals surface area contributed by atoms with Gasteiger partial charge < -0.3 is 14.7 Å². The van der Waals surface area contributed by atoms with E-state index in [2.05, 4.69) is 24.3 Å². The second-order valence-electron chi connectivity index (χ2n) is 7.42. The Balaban J connectivity index is 1.50. The van der Waals surface area contributed by atoms with Crippen molar-refractivity contribution in [1.82, 2.24) is 4.90 Å². The van der Waals surface area contributed by atoms with Crippen LogP contribution in [0.4, 0.5) is 4.79 Å². The fraction of sp³-hybridized carbons (Fsp3) is 0.364. The summed E-state index contributed by atoms with van der Waals surface area (Å²) in [5, 5.41) is 9.27. The predicted molar refractivity (Wildman–Crippen MR) is 102 cm³/mol. The van der Waals surface area contributed by atoms with Crippen molar-refractivity contribution < 1.29 is 19.4 Å². The van der Waals surface area contributed by atoms with Crippen molar-refractivity contribution in [1.29, 1.82) is 0 Å². The molecule has 4 rings (SSSR count). The third-order valence-corrected chi connectivity index (χ3v) is 5.80. The van der Waals surface area contributed by atoms with Crippen molar-refractivity contribution in [3.63, 3.8) is 0 Å². The number of benzene rings is 2. The molecular weight excluding hydrogens is 342 g/mol. The fourth-order valence-electron chi connectivity index (χ4n) is 4.24. The Bertz CT molecular complexity index is 833. The maximum Gasteiger partial charge on any atom is 0.410 e. The van der Waals surface area contributed by atoms with Gasteiger partial charge in [0.1, 0.15) is 6.61 Å². The number of carbonyl (C=O) groups is 2. The lowest BCUT2D eigenvalue weighted by Gasteiger charge is -2.35. The number of carboxylic acids is 1. The van der Waals surface area contributed by atoms with E-state index in [1.165, 1.54) is 22.3 Å². The number of nitrogens with zero attached hydrogens (tertiary/aromatic N) is 1. The maximum atomic E-state index is 12.7. The SMILES string of the molecule is C[C@@H]1CC[C@@H](C(=O)O)CN1C(=O)OCC1c2ccccc2-c2ccccc21. The predicted octanol–water partition coefficient (Wildman–Crippen LogP) is 4.12. The normalized spacial score (nSPS) is 21.4. The topological polar surface area (TPSA) is 66.8 Å². The van der Waals surface area contributed by atoms with E-state index >= 15 is 0 Å². The van der Waals surface area contributed by atoms with Crippen molar-refractivity contribution in [2.45, 2.75) is 31.7 Å². The number of rotatable bonds is 3. The molecule has 2 aromatic rings. The van der Waals surface area contributed by atoms with Gasteiger partial charge in [0.2, 0.25) is 0 Å². The molecule has 0 unspecified atom stereocenters. The van der Waals surface area contributed by atoms with Gasteiger partial charge in [-0.1, -0.05) is 48.5 Å². The zero-order chi connectivity index (χ0) is 19.0. The van der Waals surface area contributed by atoms with Crippen LogP contribution in [-0.4, -0.2) is 41.3 Å². The summed E-state index contributed by atoms with van der Waals surface area (Å²) in [4.78, 5) is 25.5. The summed E-state index contributed by atoms with van der Waals surface area (Å²) >= 11 is 0. The zero-order valence-corrected chi connectivity index (χ0v) is 15.3. The number of piperidine rings is 1. The first-order valence-corrected chi connectivity index (χ1v) is 9.40. The van der Waals surface area contributed by atoms with Crippen LogP contribution in [0.1, 0.15) is 36.8 Å². The molecular formula is C22H23NO4. The van der Waals surface area contributed by atoms with Gasteiger partial charge in [-0.05, 0) is 42.0 Å². The maximum absolute atomic E-state index is 12.7. The van der Waals surface area contributed by atoms with Crippen molar-refractivity contribution >= 4 is 12.1 Å². The Kier molecular flexibility index (Phi) is 4.60. The van der Waals surface area contributed by atoms with Gasteiger partial charge in [-0.2, -0.15) is 0 Å². The molecule has 2 aromatic carbocycles. The standard InChI is InChI=1S/C22H23NO4/c1-14-10-11-15(21(24)25)12-23(14)22(26)27-13-20-18-8-4-2-6-16(18)17-7-3-5-9-19(17)20/h2-9,14-15,20H,10-13H2,1H3,(H,24,25)/t14-,15-/m1/s1. The molecule has 0 saturated carbocycles. The van der Waals surface area contributed by atoms with Gasteiger partial charge in [0.15, 0.2) is 0 Å². The van der Waals surface area contributed by atoms with E-state index in [0.717, 1.165) is 0 Å². The van der Waals surface area contributed by atoms with E-state index in [-0.39, 0.29) is 25.1 Å². The lowest BCUT2D eigenvalue weighted by Crippen LogP contribution is -2.47. The molecule has 0 bridgehead atoms. The molecule has 1 saturated heterocycles. The van der Waals surface area contributed by atoms with Crippen LogP contribution in [0.5, 0.6) is 0 Å². The first kappa shape index (κ1) is 17.6. The Morgan fingerprint density at radius 1 is 1.04 bits per heavy atom. The molecule has 2 atom stereocenters. The van der Waals surface area contributed by atoms with Crippen molar-refractivity contribution in [2.24, 2.45) is 5.92 Å². The quantitative estimate of drug-likeness (QED) is 0.888. The lowest BCUT2D eigenvalue weighted by atomic mass is 9.94. The smallest absolute Gasteiger partial charge is 0.410 e. The highest BCUT2D eigenvalue weighted by Crippen LogP contribution is 2.44. The number of likely N-dealkylation sites (tertiary alicyclic amines) is 1. The van der Waals surface area contributed by atoms with E-state index in [1.54, 1.807) is 4.90 Å². The summed E-state index contributed by atoms with van der Waals surface area (Å²) in [7, 11) is 0. The Morgan fingerprint density at radius 2 is 1.63 bits per heavy atom. The minimum Gasteiger partial charge on any atom is -0.481 e. The van der Waals surface area contributed by atoms with Gasteiger partial charge in [0.05, 0.1) is 5.92 Å². The second-order valence-corrected chi connectivity index (χ2v) is 7.42.